The number of halogens is 1. The number of rotatable bonds is 6. The normalized spacial score (nSPS) is 17.6. The van der Waals surface area contributed by atoms with Crippen LogP contribution in [0.5, 0.6) is 0 Å². The SMILES string of the molecule is CCN(CC)C1(C(=O)Cc2cncc(Br)c2)CCCC1. The lowest BCUT2D eigenvalue weighted by Gasteiger charge is -2.39. The van der Waals surface area contributed by atoms with Crippen LogP contribution in [-0.2, 0) is 11.2 Å². The molecule has 0 saturated heterocycles. The van der Waals surface area contributed by atoms with Gasteiger partial charge in [-0.05, 0) is 53.5 Å². The fourth-order valence-corrected chi connectivity index (χ4v) is 3.87. The maximum atomic E-state index is 12.9. The van der Waals surface area contributed by atoms with Gasteiger partial charge >= 0.3 is 0 Å². The Hall–Kier alpha value is -0.740. The first-order chi connectivity index (χ1) is 9.62. The number of carbonyl (C=O) groups excluding carboxylic acids is 1. The van der Waals surface area contributed by atoms with Crippen molar-refractivity contribution < 1.29 is 4.79 Å². The van der Waals surface area contributed by atoms with Crippen LogP contribution in [0.4, 0.5) is 0 Å². The van der Waals surface area contributed by atoms with Gasteiger partial charge in [0.25, 0.3) is 0 Å². The first kappa shape index (κ1) is 15.6. The summed E-state index contributed by atoms with van der Waals surface area (Å²) in [6, 6.07) is 2.00. The van der Waals surface area contributed by atoms with Gasteiger partial charge in [0.15, 0.2) is 5.78 Å². The summed E-state index contributed by atoms with van der Waals surface area (Å²) in [4.78, 5) is 19.4. The van der Waals surface area contributed by atoms with Gasteiger partial charge in [0, 0.05) is 23.3 Å². The van der Waals surface area contributed by atoms with Crippen LogP contribution in [-0.4, -0.2) is 34.3 Å². The van der Waals surface area contributed by atoms with Crippen molar-refractivity contribution in [1.82, 2.24) is 9.88 Å². The van der Waals surface area contributed by atoms with Gasteiger partial charge in [-0.15, -0.1) is 0 Å². The molecule has 1 aliphatic rings. The molecule has 20 heavy (non-hydrogen) atoms. The van der Waals surface area contributed by atoms with Crippen LogP contribution >= 0.6 is 15.9 Å². The minimum atomic E-state index is -0.230. The van der Waals surface area contributed by atoms with Gasteiger partial charge < -0.3 is 0 Å². The smallest absolute Gasteiger partial charge is 0.157 e. The van der Waals surface area contributed by atoms with Crippen LogP contribution in [0.3, 0.4) is 0 Å². The number of Topliss-reactive ketones (excluding diaryl/α,β-unsaturated/α-hetero) is 1. The number of ketones is 1. The molecule has 0 atom stereocenters. The molecule has 0 amide bonds. The Bertz CT molecular complexity index is 465. The minimum Gasteiger partial charge on any atom is -0.297 e. The molecule has 0 radical (unpaired) electrons. The fraction of sp³-hybridized carbons (Fsp3) is 0.625. The zero-order valence-electron chi connectivity index (χ0n) is 12.4. The van der Waals surface area contributed by atoms with Gasteiger partial charge in [0.1, 0.15) is 0 Å². The van der Waals surface area contributed by atoms with Crippen molar-refractivity contribution in [3.8, 4) is 0 Å². The van der Waals surface area contributed by atoms with Crippen molar-refractivity contribution in [2.75, 3.05) is 13.1 Å². The second-order valence-electron chi connectivity index (χ2n) is 5.52. The summed E-state index contributed by atoms with van der Waals surface area (Å²) in [5, 5.41) is 0. The maximum absolute atomic E-state index is 12.9. The van der Waals surface area contributed by atoms with Gasteiger partial charge in [-0.25, -0.2) is 0 Å². The van der Waals surface area contributed by atoms with Crippen molar-refractivity contribution in [3.63, 3.8) is 0 Å². The Morgan fingerprint density at radius 3 is 2.50 bits per heavy atom. The molecule has 1 aromatic rings. The molecule has 0 bridgehead atoms. The summed E-state index contributed by atoms with van der Waals surface area (Å²) in [5.74, 6) is 0.360. The zero-order valence-corrected chi connectivity index (χ0v) is 13.9. The van der Waals surface area contributed by atoms with E-state index in [1.807, 2.05) is 6.07 Å². The third kappa shape index (κ3) is 3.12. The maximum Gasteiger partial charge on any atom is 0.157 e. The number of hydrogen-bond acceptors (Lipinski definition) is 3. The Morgan fingerprint density at radius 2 is 1.95 bits per heavy atom. The van der Waals surface area contributed by atoms with E-state index in [2.05, 4.69) is 39.7 Å². The Morgan fingerprint density at radius 1 is 1.30 bits per heavy atom. The molecule has 1 heterocycles. The Kier molecular flexibility index (Phi) is 5.33. The van der Waals surface area contributed by atoms with Gasteiger partial charge in [0.2, 0.25) is 0 Å². The molecular formula is C16H23BrN2O. The lowest BCUT2D eigenvalue weighted by molar-refractivity contribution is -0.130. The summed E-state index contributed by atoms with van der Waals surface area (Å²) < 4.78 is 0.936. The third-order valence-electron chi connectivity index (χ3n) is 4.44. The molecule has 4 heteroatoms. The highest BCUT2D eigenvalue weighted by Gasteiger charge is 2.44. The monoisotopic (exact) mass is 338 g/mol. The second-order valence-corrected chi connectivity index (χ2v) is 6.44. The highest BCUT2D eigenvalue weighted by Crippen LogP contribution is 2.37. The largest absolute Gasteiger partial charge is 0.297 e. The van der Waals surface area contributed by atoms with E-state index >= 15 is 0 Å². The van der Waals surface area contributed by atoms with Crippen LogP contribution in [0.2, 0.25) is 0 Å². The van der Waals surface area contributed by atoms with E-state index in [1.165, 1.54) is 12.8 Å². The number of pyridine rings is 1. The number of hydrogen-bond donors (Lipinski definition) is 0. The van der Waals surface area contributed by atoms with Crippen molar-refractivity contribution in [2.24, 2.45) is 0 Å². The third-order valence-corrected chi connectivity index (χ3v) is 4.88. The minimum absolute atomic E-state index is 0.230. The quantitative estimate of drug-likeness (QED) is 0.794. The summed E-state index contributed by atoms with van der Waals surface area (Å²) in [7, 11) is 0. The zero-order chi connectivity index (χ0) is 14.6. The van der Waals surface area contributed by atoms with E-state index in [0.717, 1.165) is 36.0 Å². The lowest BCUT2D eigenvalue weighted by Crippen LogP contribution is -2.53. The van der Waals surface area contributed by atoms with E-state index in [4.69, 9.17) is 0 Å². The van der Waals surface area contributed by atoms with Crippen LogP contribution in [0.1, 0.15) is 45.1 Å². The first-order valence-electron chi connectivity index (χ1n) is 7.50. The van der Waals surface area contributed by atoms with E-state index < -0.39 is 0 Å². The number of nitrogens with zero attached hydrogens (tertiary/aromatic N) is 2. The van der Waals surface area contributed by atoms with Gasteiger partial charge in [-0.3, -0.25) is 14.7 Å². The predicted molar refractivity (Wildman–Crippen MR) is 84.8 cm³/mol. The van der Waals surface area contributed by atoms with E-state index in [0.29, 0.717) is 12.2 Å². The molecule has 1 aromatic heterocycles. The molecule has 0 spiro atoms. The van der Waals surface area contributed by atoms with E-state index in [1.54, 1.807) is 12.4 Å². The molecule has 1 saturated carbocycles. The highest BCUT2D eigenvalue weighted by molar-refractivity contribution is 9.10. The van der Waals surface area contributed by atoms with Crippen LogP contribution in [0.25, 0.3) is 0 Å². The van der Waals surface area contributed by atoms with Crippen molar-refractivity contribution in [1.29, 1.82) is 0 Å². The Labute approximate surface area is 129 Å². The molecule has 0 N–H and O–H groups in total. The van der Waals surface area contributed by atoms with Gasteiger partial charge in [-0.1, -0.05) is 26.7 Å². The summed E-state index contributed by atoms with van der Waals surface area (Å²) >= 11 is 3.42. The molecule has 110 valence electrons. The molecule has 0 unspecified atom stereocenters. The topological polar surface area (TPSA) is 33.2 Å². The summed E-state index contributed by atoms with van der Waals surface area (Å²) in [5.41, 5.74) is 0.772. The Balaban J connectivity index is 2.19. The van der Waals surface area contributed by atoms with Crippen LogP contribution in [0.15, 0.2) is 22.9 Å². The lowest BCUT2D eigenvalue weighted by atomic mass is 9.86. The number of aromatic nitrogens is 1. The number of likely N-dealkylation sites (N-methyl/N-ethyl adjacent to an activating group) is 1. The van der Waals surface area contributed by atoms with Crippen LogP contribution < -0.4 is 0 Å². The van der Waals surface area contributed by atoms with E-state index in [9.17, 15) is 4.79 Å². The average Bonchev–Trinajstić information content (AvgIpc) is 2.91. The van der Waals surface area contributed by atoms with Crippen molar-refractivity contribution in [3.05, 3.63) is 28.5 Å². The molecule has 1 aliphatic carbocycles. The number of carbonyl (C=O) groups is 1. The fourth-order valence-electron chi connectivity index (χ4n) is 3.46. The molecule has 0 aromatic carbocycles. The van der Waals surface area contributed by atoms with Crippen molar-refractivity contribution >= 4 is 21.7 Å². The molecule has 3 nitrogen and oxygen atoms in total. The van der Waals surface area contributed by atoms with Gasteiger partial charge in [-0.2, -0.15) is 0 Å². The average molecular weight is 339 g/mol. The first-order valence-corrected chi connectivity index (χ1v) is 8.29. The molecular weight excluding hydrogens is 316 g/mol. The second kappa shape index (κ2) is 6.81. The van der Waals surface area contributed by atoms with E-state index in [-0.39, 0.29) is 5.54 Å². The predicted octanol–water partition coefficient (Wildman–Crippen LogP) is 3.61. The highest BCUT2D eigenvalue weighted by atomic mass is 79.9. The van der Waals surface area contributed by atoms with Crippen molar-refractivity contribution in [2.45, 2.75) is 51.5 Å². The van der Waals surface area contributed by atoms with Gasteiger partial charge in [0.05, 0.1) is 5.54 Å². The summed E-state index contributed by atoms with van der Waals surface area (Å²) in [6.45, 7) is 6.19. The molecule has 1 fully saturated rings. The van der Waals surface area contributed by atoms with Crippen LogP contribution in [0, 0.1) is 0 Å². The molecule has 0 aliphatic heterocycles. The summed E-state index contributed by atoms with van der Waals surface area (Å²) in [6.07, 6.45) is 8.39. The molecule has 2 rings (SSSR count). The standard InChI is InChI=1S/C16H23BrN2O/c1-3-19(4-2)16(7-5-6-8-16)15(20)10-13-9-14(17)12-18-11-13/h9,11-12H,3-8,10H2,1-2H3.